The summed E-state index contributed by atoms with van der Waals surface area (Å²) in [6.07, 6.45) is 0.822. The third-order valence-corrected chi connectivity index (χ3v) is 3.78. The van der Waals surface area contributed by atoms with Gasteiger partial charge in [-0.15, -0.1) is 0 Å². The zero-order valence-corrected chi connectivity index (χ0v) is 14.6. The van der Waals surface area contributed by atoms with Gasteiger partial charge in [0.1, 0.15) is 11.4 Å². The molecule has 1 aliphatic rings. The molecule has 0 aliphatic carbocycles. The zero-order chi connectivity index (χ0) is 18.6. The van der Waals surface area contributed by atoms with Gasteiger partial charge >= 0.3 is 6.09 Å². The Kier molecular flexibility index (Phi) is 5.62. The van der Waals surface area contributed by atoms with Gasteiger partial charge in [-0.25, -0.2) is 14.0 Å². The summed E-state index contributed by atoms with van der Waals surface area (Å²) in [4.78, 5) is 29.3. The Labute approximate surface area is 146 Å². The van der Waals surface area contributed by atoms with E-state index >= 15 is 0 Å². The van der Waals surface area contributed by atoms with Crippen LogP contribution in [0, 0.1) is 18.3 Å². The number of ether oxygens (including phenoxy) is 1. The number of likely N-dealkylation sites (tertiary alicyclic amines) is 1. The summed E-state index contributed by atoms with van der Waals surface area (Å²) in [6.45, 7) is 13.1. The van der Waals surface area contributed by atoms with Gasteiger partial charge in [0.05, 0.1) is 18.2 Å². The first kappa shape index (κ1) is 18.7. The number of hydrogen-bond donors (Lipinski definition) is 1. The Balaban J connectivity index is 2.02. The maximum absolute atomic E-state index is 13.8. The molecule has 2 amide bonds. The largest absolute Gasteiger partial charge is 0.444 e. The Morgan fingerprint density at radius 1 is 1.40 bits per heavy atom. The number of benzene rings is 1. The van der Waals surface area contributed by atoms with Crippen molar-refractivity contribution in [3.63, 3.8) is 0 Å². The van der Waals surface area contributed by atoms with E-state index in [2.05, 4.69) is 10.2 Å². The first-order chi connectivity index (χ1) is 11.7. The van der Waals surface area contributed by atoms with Crippen LogP contribution < -0.4 is 5.32 Å². The SMILES string of the molecule is [C-]#[N+]c1ccc(F)c(NC(=O)C2CCCN(C(=O)OC(C)(C)C)C2)c1. The fourth-order valence-electron chi connectivity index (χ4n) is 2.60. The summed E-state index contributed by atoms with van der Waals surface area (Å²) >= 11 is 0. The Morgan fingerprint density at radius 2 is 2.12 bits per heavy atom. The lowest BCUT2D eigenvalue weighted by Crippen LogP contribution is -2.45. The highest BCUT2D eigenvalue weighted by Crippen LogP contribution is 2.25. The summed E-state index contributed by atoms with van der Waals surface area (Å²) in [5.41, 5.74) is -0.376. The number of piperidine rings is 1. The Hall–Kier alpha value is -2.62. The maximum Gasteiger partial charge on any atom is 0.410 e. The number of carbonyl (C=O) groups excluding carboxylic acids is 2. The van der Waals surface area contributed by atoms with E-state index in [4.69, 9.17) is 11.3 Å². The lowest BCUT2D eigenvalue weighted by molar-refractivity contribution is -0.121. The van der Waals surface area contributed by atoms with Crippen molar-refractivity contribution >= 4 is 23.4 Å². The zero-order valence-electron chi connectivity index (χ0n) is 14.6. The Bertz CT molecular complexity index is 706. The number of anilines is 1. The minimum atomic E-state index is -0.602. The van der Waals surface area contributed by atoms with Crippen LogP contribution in [0.1, 0.15) is 33.6 Å². The molecule has 0 spiro atoms. The second-order valence-corrected chi connectivity index (χ2v) is 7.03. The molecule has 0 bridgehead atoms. The third kappa shape index (κ3) is 5.18. The van der Waals surface area contributed by atoms with Crippen LogP contribution in [0.4, 0.5) is 20.6 Å². The Morgan fingerprint density at radius 3 is 2.76 bits per heavy atom. The van der Waals surface area contributed by atoms with Crippen molar-refractivity contribution in [2.45, 2.75) is 39.2 Å². The predicted molar refractivity (Wildman–Crippen MR) is 91.8 cm³/mol. The topological polar surface area (TPSA) is 63.0 Å². The average molecular weight is 347 g/mol. The van der Waals surface area contributed by atoms with E-state index in [0.717, 1.165) is 6.07 Å². The number of nitrogens with one attached hydrogen (secondary N) is 1. The fraction of sp³-hybridized carbons (Fsp3) is 0.500. The van der Waals surface area contributed by atoms with Crippen molar-refractivity contribution in [1.29, 1.82) is 0 Å². The number of nitrogens with zero attached hydrogens (tertiary/aromatic N) is 2. The van der Waals surface area contributed by atoms with Gasteiger partial charge in [0.15, 0.2) is 5.69 Å². The molecule has 1 heterocycles. The number of hydrogen-bond acceptors (Lipinski definition) is 3. The summed E-state index contributed by atoms with van der Waals surface area (Å²) in [5.74, 6) is -1.41. The molecule has 7 heteroatoms. The molecule has 1 fully saturated rings. The minimum absolute atomic E-state index is 0.0205. The van der Waals surface area contributed by atoms with Gasteiger partial charge in [-0.1, -0.05) is 6.07 Å². The molecule has 1 N–H and O–H groups in total. The van der Waals surface area contributed by atoms with Gasteiger partial charge in [-0.05, 0) is 45.7 Å². The third-order valence-electron chi connectivity index (χ3n) is 3.78. The highest BCUT2D eigenvalue weighted by Gasteiger charge is 2.31. The van der Waals surface area contributed by atoms with E-state index in [0.29, 0.717) is 19.4 Å². The van der Waals surface area contributed by atoms with Gasteiger partial charge in [-0.2, -0.15) is 0 Å². The molecule has 0 saturated carbocycles. The van der Waals surface area contributed by atoms with Gasteiger partial charge in [0.25, 0.3) is 0 Å². The molecule has 0 radical (unpaired) electrons. The molecule has 1 unspecified atom stereocenters. The smallest absolute Gasteiger partial charge is 0.410 e. The summed E-state index contributed by atoms with van der Waals surface area (Å²) in [7, 11) is 0. The molecule has 0 aromatic heterocycles. The van der Waals surface area contributed by atoms with Crippen molar-refractivity contribution in [3.8, 4) is 0 Å². The lowest BCUT2D eigenvalue weighted by Gasteiger charge is -2.33. The van der Waals surface area contributed by atoms with Crippen LogP contribution in [0.25, 0.3) is 4.85 Å². The number of amides is 2. The van der Waals surface area contributed by atoms with Crippen LogP contribution in [0.5, 0.6) is 0 Å². The molecule has 1 saturated heterocycles. The normalized spacial score (nSPS) is 17.6. The minimum Gasteiger partial charge on any atom is -0.444 e. The van der Waals surface area contributed by atoms with Gasteiger partial charge in [0.2, 0.25) is 5.91 Å². The van der Waals surface area contributed by atoms with E-state index in [1.165, 1.54) is 17.0 Å². The summed E-state index contributed by atoms with van der Waals surface area (Å²) < 4.78 is 19.2. The molecular weight excluding hydrogens is 325 g/mol. The quantitative estimate of drug-likeness (QED) is 0.824. The standard InChI is InChI=1S/C18H22FN3O3/c1-18(2,3)25-17(24)22-9-5-6-12(11-22)16(23)21-15-10-13(20-4)7-8-14(15)19/h7-8,10,12H,5-6,9,11H2,1-3H3,(H,21,23). The van der Waals surface area contributed by atoms with Crippen LogP contribution in [0.2, 0.25) is 0 Å². The molecule has 6 nitrogen and oxygen atoms in total. The van der Waals surface area contributed by atoms with Crippen LogP contribution in [0.15, 0.2) is 18.2 Å². The molecule has 2 rings (SSSR count). The number of rotatable bonds is 2. The van der Waals surface area contributed by atoms with Crippen molar-refractivity contribution in [2.75, 3.05) is 18.4 Å². The summed E-state index contributed by atoms with van der Waals surface area (Å²) in [5, 5.41) is 2.53. The van der Waals surface area contributed by atoms with E-state index in [1.54, 1.807) is 20.8 Å². The number of halogens is 1. The van der Waals surface area contributed by atoms with E-state index in [-0.39, 0.29) is 23.8 Å². The van der Waals surface area contributed by atoms with E-state index < -0.39 is 23.4 Å². The molecular formula is C18H22FN3O3. The highest BCUT2D eigenvalue weighted by atomic mass is 19.1. The second kappa shape index (κ2) is 7.51. The van der Waals surface area contributed by atoms with Crippen LogP contribution in [-0.2, 0) is 9.53 Å². The molecule has 1 aliphatic heterocycles. The fourth-order valence-corrected chi connectivity index (χ4v) is 2.60. The van der Waals surface area contributed by atoms with Crippen molar-refractivity contribution in [1.82, 2.24) is 4.90 Å². The van der Waals surface area contributed by atoms with E-state index in [1.807, 2.05) is 0 Å². The van der Waals surface area contributed by atoms with Crippen LogP contribution >= 0.6 is 0 Å². The first-order valence-corrected chi connectivity index (χ1v) is 8.15. The molecule has 1 aromatic carbocycles. The lowest BCUT2D eigenvalue weighted by atomic mass is 9.97. The first-order valence-electron chi connectivity index (χ1n) is 8.15. The molecule has 1 aromatic rings. The van der Waals surface area contributed by atoms with Crippen molar-refractivity contribution in [2.24, 2.45) is 5.92 Å². The van der Waals surface area contributed by atoms with Gasteiger partial charge in [-0.3, -0.25) is 4.79 Å². The monoisotopic (exact) mass is 347 g/mol. The van der Waals surface area contributed by atoms with Crippen LogP contribution in [-0.4, -0.2) is 35.6 Å². The van der Waals surface area contributed by atoms with Gasteiger partial charge in [0, 0.05) is 13.1 Å². The predicted octanol–water partition coefficient (Wildman–Crippen LogP) is 3.96. The maximum atomic E-state index is 13.8. The number of carbonyl (C=O) groups is 2. The van der Waals surface area contributed by atoms with Gasteiger partial charge < -0.3 is 15.0 Å². The summed E-state index contributed by atoms with van der Waals surface area (Å²) in [6, 6.07) is 3.80. The van der Waals surface area contributed by atoms with Crippen molar-refractivity contribution in [3.05, 3.63) is 35.4 Å². The van der Waals surface area contributed by atoms with Crippen molar-refractivity contribution < 1.29 is 18.7 Å². The highest BCUT2D eigenvalue weighted by molar-refractivity contribution is 5.93. The molecule has 25 heavy (non-hydrogen) atoms. The molecule has 1 atom stereocenters. The second-order valence-electron chi connectivity index (χ2n) is 7.03. The average Bonchev–Trinajstić information content (AvgIpc) is 2.55. The van der Waals surface area contributed by atoms with E-state index in [9.17, 15) is 14.0 Å². The molecule has 134 valence electrons. The van der Waals surface area contributed by atoms with Crippen LogP contribution in [0.3, 0.4) is 0 Å².